The van der Waals surface area contributed by atoms with E-state index in [0.29, 0.717) is 50.0 Å². The van der Waals surface area contributed by atoms with Crippen LogP contribution in [0.4, 0.5) is 0 Å². The highest BCUT2D eigenvalue weighted by Gasteiger charge is 2.27. The third kappa shape index (κ3) is 13.9. The number of methoxy groups -OCH3 is 2. The van der Waals surface area contributed by atoms with Crippen LogP contribution in [0.1, 0.15) is 216 Å². The number of hydrogen-bond acceptors (Lipinski definition) is 11. The van der Waals surface area contributed by atoms with Crippen molar-refractivity contribution in [2.45, 2.75) is 185 Å². The number of amides is 2. The quantitative estimate of drug-likeness (QED) is 0.0233. The molecule has 10 heterocycles. The molecule has 0 fully saturated rings. The summed E-state index contributed by atoms with van der Waals surface area (Å²) < 4.78 is 10.1. The van der Waals surface area contributed by atoms with E-state index >= 15 is 0 Å². The van der Waals surface area contributed by atoms with Gasteiger partial charge in [-0.2, -0.15) is 0 Å². The van der Waals surface area contributed by atoms with Gasteiger partial charge in [0.25, 0.3) is 0 Å². The average Bonchev–Trinajstić information content (AvgIpc) is 1.63. The van der Waals surface area contributed by atoms with Crippen LogP contribution in [0.15, 0.2) is 48.5 Å². The Morgan fingerprint density at radius 2 is 0.766 bits per heavy atom. The molecule has 4 aliphatic heterocycles. The minimum absolute atomic E-state index is 0.000343. The fourth-order valence-electron chi connectivity index (χ4n) is 14.0. The number of esters is 2. The standard InChI is InChI=1S/C76H90N10O8/c1-15-47-39(5)56-31-58-43(9)51(68(82-58)37-71-54(25-29-75(90)94-14)46(12)63(85-71)36-67-50(18-4)42(8)61(81-67)34-64(47)78-56)22-26-72(87)77-30-20-19-21-55(76(91)92)86-73(88)27-23-52-44(10)62-35-66-49(17-3)41(7)60(80-66)33-65-48(16-2)40(6)57(79-65)32-59-45(11)53(24-28-74(89)93-13)70(83-59)38-69(52)84-62/h31-38,55,79-80,82,85H,15-30H2,1-14H3,(H,77,87)(H,86,88)(H,91,92)/t55-/m0/s1. The van der Waals surface area contributed by atoms with Crippen LogP contribution in [0, 0.1) is 27.7 Å². The number of ether oxygens (including phenoxy) is 2. The first kappa shape index (κ1) is 67.4. The van der Waals surface area contributed by atoms with E-state index in [1.54, 1.807) is 0 Å². The van der Waals surface area contributed by atoms with E-state index < -0.39 is 17.9 Å². The van der Waals surface area contributed by atoms with E-state index in [1.165, 1.54) is 30.9 Å². The van der Waals surface area contributed by atoms with Crippen molar-refractivity contribution in [2.24, 2.45) is 0 Å². The molecule has 0 aliphatic carbocycles. The molecule has 10 rings (SSSR count). The number of fused-ring (bicyclic) bond motifs is 16. The molecule has 4 aliphatic rings. The molecule has 0 aromatic carbocycles. The van der Waals surface area contributed by atoms with Crippen molar-refractivity contribution in [2.75, 3.05) is 20.8 Å². The molecule has 0 unspecified atom stereocenters. The van der Waals surface area contributed by atoms with E-state index in [2.05, 4.69) is 142 Å². The van der Waals surface area contributed by atoms with Crippen LogP contribution in [-0.4, -0.2) is 102 Å². The Labute approximate surface area is 549 Å². The second-order valence-electron chi connectivity index (χ2n) is 25.2. The van der Waals surface area contributed by atoms with Gasteiger partial charge in [-0.3, -0.25) is 19.2 Å². The molecule has 0 saturated heterocycles. The minimum atomic E-state index is -1.14. The van der Waals surface area contributed by atoms with Gasteiger partial charge in [-0.25, -0.2) is 24.7 Å². The number of aryl methyl sites for hydroxylation is 8. The summed E-state index contributed by atoms with van der Waals surface area (Å²) in [4.78, 5) is 101. The van der Waals surface area contributed by atoms with Crippen LogP contribution in [0.3, 0.4) is 0 Å². The SMILES string of the molecule is CCC1=C(C)c2cc3[nH]c(cc4[nH]c(cc5nc(cc1n2)C(C)=C5CC)c(C)c4CCC(=O)OC)c(CCC(=O)NCCCC[C@H](NC(=O)CCC1=C(C)c2cc4[nH]c(cc5[nH]c(cc6nc(cc1n2)C(CCC(=O)OC)=C6C)c(C)c5CC)c(C)c4CC)C(=O)O)c3C. The van der Waals surface area contributed by atoms with E-state index in [4.69, 9.17) is 29.4 Å². The first-order chi connectivity index (χ1) is 45.1. The number of nitrogens with zero attached hydrogens (tertiary/aromatic N) is 4. The lowest BCUT2D eigenvalue weighted by atomic mass is 9.98. The second-order valence-corrected chi connectivity index (χ2v) is 25.2. The number of aromatic nitrogens is 8. The highest BCUT2D eigenvalue weighted by molar-refractivity contribution is 5.99. The summed E-state index contributed by atoms with van der Waals surface area (Å²) in [7, 11) is 2.78. The van der Waals surface area contributed by atoms with Gasteiger partial charge in [0.2, 0.25) is 11.8 Å². The van der Waals surface area contributed by atoms with Crippen molar-refractivity contribution in [1.29, 1.82) is 0 Å². The summed E-state index contributed by atoms with van der Waals surface area (Å²) in [5.41, 5.74) is 30.5. The van der Waals surface area contributed by atoms with Crippen molar-refractivity contribution in [3.05, 3.63) is 139 Å². The number of aliphatic carboxylic acids is 1. The minimum Gasteiger partial charge on any atom is -0.480 e. The van der Waals surface area contributed by atoms with E-state index in [9.17, 15) is 29.1 Å². The second kappa shape index (κ2) is 28.8. The molecule has 94 heavy (non-hydrogen) atoms. The predicted octanol–water partition coefficient (Wildman–Crippen LogP) is 15.2. The summed E-state index contributed by atoms with van der Waals surface area (Å²) in [5.74, 6) is -2.32. The molecule has 492 valence electrons. The molecule has 0 radical (unpaired) electrons. The normalized spacial score (nSPS) is 13.5. The maximum Gasteiger partial charge on any atom is 0.326 e. The Kier molecular flexibility index (Phi) is 20.7. The zero-order chi connectivity index (χ0) is 67.4. The van der Waals surface area contributed by atoms with E-state index in [0.717, 1.165) is 176 Å². The monoisotopic (exact) mass is 1270 g/mol. The maximum absolute atomic E-state index is 13.9. The molecule has 0 saturated carbocycles. The topological polar surface area (TPSA) is 263 Å². The Hall–Kier alpha value is -9.45. The van der Waals surface area contributed by atoms with Crippen molar-refractivity contribution >= 4 is 118 Å². The van der Waals surface area contributed by atoms with Crippen LogP contribution < -0.4 is 10.6 Å². The van der Waals surface area contributed by atoms with Gasteiger partial charge in [0, 0.05) is 76.4 Å². The van der Waals surface area contributed by atoms with E-state index in [1.807, 2.05) is 19.9 Å². The predicted molar refractivity (Wildman–Crippen MR) is 376 cm³/mol. The molecular formula is C76H90N10O8. The van der Waals surface area contributed by atoms with Crippen molar-refractivity contribution < 1.29 is 38.6 Å². The zero-order valence-electron chi connectivity index (χ0n) is 57.1. The average molecular weight is 1270 g/mol. The van der Waals surface area contributed by atoms with Crippen LogP contribution in [0.25, 0.3) is 88.7 Å². The number of carboxylic acid groups (broad SMARTS) is 1. The van der Waals surface area contributed by atoms with Crippen LogP contribution in [0.2, 0.25) is 0 Å². The lowest BCUT2D eigenvalue weighted by Crippen LogP contribution is -2.40. The lowest BCUT2D eigenvalue weighted by molar-refractivity contribution is -0.142. The largest absolute Gasteiger partial charge is 0.480 e. The number of aromatic amines is 4. The van der Waals surface area contributed by atoms with Gasteiger partial charge in [0.1, 0.15) is 6.04 Å². The third-order valence-electron chi connectivity index (χ3n) is 19.7. The molecule has 7 N–H and O–H groups in total. The third-order valence-corrected chi connectivity index (χ3v) is 19.7. The van der Waals surface area contributed by atoms with Gasteiger partial charge in [0.05, 0.1) is 59.8 Å². The van der Waals surface area contributed by atoms with Gasteiger partial charge in [-0.15, -0.1) is 0 Å². The number of carbonyl (C=O) groups is 5. The van der Waals surface area contributed by atoms with Gasteiger partial charge < -0.3 is 45.1 Å². The Morgan fingerprint density at radius 1 is 0.415 bits per heavy atom. The lowest BCUT2D eigenvalue weighted by Gasteiger charge is -2.15. The smallest absolute Gasteiger partial charge is 0.326 e. The molecule has 18 nitrogen and oxygen atoms in total. The molecule has 1 atom stereocenters. The number of H-pyrrole nitrogens is 4. The number of nitrogens with one attached hydrogen (secondary N) is 6. The summed E-state index contributed by atoms with van der Waals surface area (Å²) in [6, 6.07) is 15.5. The number of hydrogen-bond donors (Lipinski definition) is 7. The molecule has 2 amide bonds. The summed E-state index contributed by atoms with van der Waals surface area (Å²) in [6.07, 6.45) is 6.43. The molecule has 6 aromatic rings. The van der Waals surface area contributed by atoms with Crippen LogP contribution >= 0.6 is 0 Å². The highest BCUT2D eigenvalue weighted by atomic mass is 16.5. The van der Waals surface area contributed by atoms with Crippen molar-refractivity contribution in [1.82, 2.24) is 50.5 Å². The fourth-order valence-corrected chi connectivity index (χ4v) is 14.0. The number of unbranched alkanes of at least 4 members (excludes halogenated alkanes) is 1. The number of allylic oxidation sites excluding steroid dienone is 8. The molecule has 18 heteroatoms. The first-order valence-electron chi connectivity index (χ1n) is 33.3. The Bertz CT molecular complexity index is 4580. The van der Waals surface area contributed by atoms with Crippen molar-refractivity contribution in [3.63, 3.8) is 0 Å². The van der Waals surface area contributed by atoms with Crippen LogP contribution in [0.5, 0.6) is 0 Å². The fraction of sp³-hybridized carbons (Fsp3) is 0.408. The van der Waals surface area contributed by atoms with E-state index in [-0.39, 0.29) is 56.4 Å². The van der Waals surface area contributed by atoms with Crippen LogP contribution in [-0.2, 0) is 59.1 Å². The van der Waals surface area contributed by atoms with Gasteiger partial charge >= 0.3 is 17.9 Å². The van der Waals surface area contributed by atoms with Crippen molar-refractivity contribution in [3.8, 4) is 0 Å². The number of rotatable bonds is 23. The molecule has 0 spiro atoms. The van der Waals surface area contributed by atoms with Gasteiger partial charge in [-0.05, 0) is 264 Å². The van der Waals surface area contributed by atoms with Gasteiger partial charge in [0.15, 0.2) is 0 Å². The number of carbonyl (C=O) groups excluding carboxylic acids is 4. The Balaban J connectivity index is 0.851. The molecule has 16 bridgehead atoms. The molecular weight excluding hydrogens is 1180 g/mol. The maximum atomic E-state index is 13.9. The summed E-state index contributed by atoms with van der Waals surface area (Å²) in [6.45, 7) is 25.6. The first-order valence-corrected chi connectivity index (χ1v) is 33.3. The highest BCUT2D eigenvalue weighted by Crippen LogP contribution is 2.41. The zero-order valence-corrected chi connectivity index (χ0v) is 57.1. The molecule has 6 aromatic heterocycles. The Morgan fingerprint density at radius 3 is 1.24 bits per heavy atom. The summed E-state index contributed by atoms with van der Waals surface area (Å²) in [5, 5.41) is 16.3. The van der Waals surface area contributed by atoms with Gasteiger partial charge in [-0.1, -0.05) is 27.7 Å². The number of carboxylic acids is 1. The summed E-state index contributed by atoms with van der Waals surface area (Å²) >= 11 is 0.